The van der Waals surface area contributed by atoms with Gasteiger partial charge in [-0.2, -0.15) is 0 Å². The Hall–Kier alpha value is -3.12. The van der Waals surface area contributed by atoms with Gasteiger partial charge in [-0.3, -0.25) is 4.79 Å². The fraction of sp³-hybridized carbons (Fsp3) is 0.652. The van der Waals surface area contributed by atoms with Crippen LogP contribution < -0.4 is 10.1 Å². The number of pyridine rings is 1. The fourth-order valence-corrected chi connectivity index (χ4v) is 4.19. The standard InChI is InChI=1S/C23H34N4O8/c1-14(15-9-16(25-20(10-15)33-2)5-4-8-24-22(30)34-3)27(17-6-7-17)21(29)19-12-26(23(31)32)11-18(13-28)35-19/h9-10,14,17-19,28H,4-8,11-13H2,1-3H3,(H,24,30)(H,31,32)/t14-,18+,19-/m1/s1. The molecule has 1 aromatic rings. The van der Waals surface area contributed by atoms with Crippen molar-refractivity contribution < 1.29 is 38.8 Å². The molecule has 0 bridgehead atoms. The second kappa shape index (κ2) is 12.0. The minimum absolute atomic E-state index is 0.0182. The summed E-state index contributed by atoms with van der Waals surface area (Å²) in [5.74, 6) is 0.115. The van der Waals surface area contributed by atoms with Crippen LogP contribution in [0.3, 0.4) is 0 Å². The van der Waals surface area contributed by atoms with Gasteiger partial charge in [-0.1, -0.05) is 0 Å². The summed E-state index contributed by atoms with van der Waals surface area (Å²) >= 11 is 0. The molecule has 2 heterocycles. The highest BCUT2D eigenvalue weighted by atomic mass is 16.5. The molecule has 1 aliphatic carbocycles. The van der Waals surface area contributed by atoms with Gasteiger partial charge in [-0.15, -0.1) is 0 Å². The van der Waals surface area contributed by atoms with Crippen LogP contribution in [0, 0.1) is 0 Å². The van der Waals surface area contributed by atoms with E-state index in [1.807, 2.05) is 13.0 Å². The van der Waals surface area contributed by atoms with E-state index in [1.54, 1.807) is 11.0 Å². The van der Waals surface area contributed by atoms with E-state index in [1.165, 1.54) is 14.2 Å². The molecule has 0 spiro atoms. The Labute approximate surface area is 204 Å². The first kappa shape index (κ1) is 26.5. The first-order valence-corrected chi connectivity index (χ1v) is 11.7. The molecule has 1 saturated carbocycles. The molecule has 1 aliphatic heterocycles. The van der Waals surface area contributed by atoms with Crippen LogP contribution in [0.15, 0.2) is 12.1 Å². The first-order chi connectivity index (χ1) is 16.8. The van der Waals surface area contributed by atoms with Gasteiger partial charge in [0.2, 0.25) is 5.88 Å². The summed E-state index contributed by atoms with van der Waals surface area (Å²) in [5.41, 5.74) is 1.59. The molecule has 3 rings (SSSR count). The molecular formula is C23H34N4O8. The van der Waals surface area contributed by atoms with Crippen molar-refractivity contribution in [2.24, 2.45) is 0 Å². The van der Waals surface area contributed by atoms with Crippen LogP contribution in [-0.4, -0.2) is 102 Å². The van der Waals surface area contributed by atoms with E-state index < -0.39 is 24.4 Å². The minimum Gasteiger partial charge on any atom is -0.481 e. The maximum absolute atomic E-state index is 13.6. The molecule has 3 atom stereocenters. The monoisotopic (exact) mass is 494 g/mol. The van der Waals surface area contributed by atoms with Crippen LogP contribution in [0.2, 0.25) is 0 Å². The molecule has 3 N–H and O–H groups in total. The highest BCUT2D eigenvalue weighted by Gasteiger charge is 2.43. The molecule has 0 aromatic carbocycles. The van der Waals surface area contributed by atoms with Crippen LogP contribution >= 0.6 is 0 Å². The largest absolute Gasteiger partial charge is 0.481 e. The number of amides is 3. The number of carboxylic acid groups (broad SMARTS) is 1. The number of nitrogens with zero attached hydrogens (tertiary/aromatic N) is 3. The van der Waals surface area contributed by atoms with E-state index in [0.29, 0.717) is 25.3 Å². The van der Waals surface area contributed by atoms with Crippen LogP contribution in [0.1, 0.15) is 43.5 Å². The van der Waals surface area contributed by atoms with Crippen molar-refractivity contribution in [2.75, 3.05) is 40.5 Å². The number of hydrogen-bond donors (Lipinski definition) is 3. The molecule has 0 radical (unpaired) electrons. The number of methoxy groups -OCH3 is 2. The highest BCUT2D eigenvalue weighted by molar-refractivity contribution is 5.83. The number of aliphatic hydroxyl groups is 1. The number of rotatable bonds is 10. The smallest absolute Gasteiger partial charge is 0.407 e. The normalized spacial score (nSPS) is 20.6. The van der Waals surface area contributed by atoms with E-state index in [-0.39, 0.29) is 37.7 Å². The van der Waals surface area contributed by atoms with E-state index in [9.17, 15) is 24.6 Å². The zero-order valence-corrected chi connectivity index (χ0v) is 20.3. The Morgan fingerprint density at radius 3 is 2.63 bits per heavy atom. The number of aliphatic hydroxyl groups excluding tert-OH is 1. The van der Waals surface area contributed by atoms with Gasteiger partial charge in [0.05, 0.1) is 46.1 Å². The lowest BCUT2D eigenvalue weighted by atomic mass is 10.0. The molecule has 0 unspecified atom stereocenters. The van der Waals surface area contributed by atoms with Crippen molar-refractivity contribution in [1.82, 2.24) is 20.1 Å². The fourth-order valence-electron chi connectivity index (χ4n) is 4.19. The van der Waals surface area contributed by atoms with Crippen molar-refractivity contribution >= 4 is 18.1 Å². The average Bonchev–Trinajstić information content (AvgIpc) is 3.70. The third kappa shape index (κ3) is 6.95. The maximum atomic E-state index is 13.6. The summed E-state index contributed by atoms with van der Waals surface area (Å²) < 4.78 is 15.7. The van der Waals surface area contributed by atoms with E-state index >= 15 is 0 Å². The molecule has 3 amide bonds. The lowest BCUT2D eigenvalue weighted by molar-refractivity contribution is -0.161. The number of aryl methyl sites for hydroxylation is 1. The van der Waals surface area contributed by atoms with Crippen molar-refractivity contribution in [3.8, 4) is 5.88 Å². The summed E-state index contributed by atoms with van der Waals surface area (Å²) in [5, 5.41) is 21.6. The van der Waals surface area contributed by atoms with Gasteiger partial charge in [-0.05, 0) is 44.2 Å². The number of hydrogen-bond acceptors (Lipinski definition) is 8. The van der Waals surface area contributed by atoms with E-state index in [0.717, 1.165) is 29.0 Å². The lowest BCUT2D eigenvalue weighted by Gasteiger charge is -2.39. The van der Waals surface area contributed by atoms with Gasteiger partial charge in [0, 0.05) is 24.3 Å². The van der Waals surface area contributed by atoms with Gasteiger partial charge in [-0.25, -0.2) is 14.6 Å². The minimum atomic E-state index is -1.15. The maximum Gasteiger partial charge on any atom is 0.407 e. The topological polar surface area (TPSA) is 151 Å². The van der Waals surface area contributed by atoms with Crippen LogP contribution in [0.25, 0.3) is 0 Å². The van der Waals surface area contributed by atoms with Crippen LogP contribution in [-0.2, 0) is 20.7 Å². The van der Waals surface area contributed by atoms with Crippen molar-refractivity contribution in [3.05, 3.63) is 23.4 Å². The van der Waals surface area contributed by atoms with Crippen LogP contribution in [0.5, 0.6) is 5.88 Å². The van der Waals surface area contributed by atoms with Crippen molar-refractivity contribution in [1.29, 1.82) is 0 Å². The molecule has 12 nitrogen and oxygen atoms in total. The summed E-state index contributed by atoms with van der Waals surface area (Å²) in [4.78, 5) is 43.7. The van der Waals surface area contributed by atoms with E-state index in [4.69, 9.17) is 9.47 Å². The number of carbonyl (C=O) groups is 3. The molecular weight excluding hydrogens is 460 g/mol. The number of ether oxygens (including phenoxy) is 3. The summed E-state index contributed by atoms with van der Waals surface area (Å²) in [7, 11) is 2.83. The van der Waals surface area contributed by atoms with Gasteiger partial charge >= 0.3 is 12.2 Å². The molecule has 1 aromatic heterocycles. The lowest BCUT2D eigenvalue weighted by Crippen LogP contribution is -2.56. The van der Waals surface area contributed by atoms with Crippen molar-refractivity contribution in [2.45, 2.75) is 56.9 Å². The van der Waals surface area contributed by atoms with Crippen LogP contribution in [0.4, 0.5) is 9.59 Å². The summed E-state index contributed by atoms with van der Waals surface area (Å²) in [6.07, 6.45) is -0.476. The number of morpholine rings is 1. The number of nitrogens with one attached hydrogen (secondary N) is 1. The zero-order chi connectivity index (χ0) is 25.5. The molecule has 1 saturated heterocycles. The Morgan fingerprint density at radius 2 is 2.03 bits per heavy atom. The van der Waals surface area contributed by atoms with Gasteiger partial charge in [0.25, 0.3) is 5.91 Å². The number of carbonyl (C=O) groups excluding carboxylic acids is 2. The highest BCUT2D eigenvalue weighted by Crippen LogP contribution is 2.36. The quantitative estimate of drug-likeness (QED) is 0.407. The van der Waals surface area contributed by atoms with Crippen molar-refractivity contribution in [3.63, 3.8) is 0 Å². The molecule has 2 aliphatic rings. The Morgan fingerprint density at radius 1 is 1.29 bits per heavy atom. The zero-order valence-electron chi connectivity index (χ0n) is 20.3. The molecule has 35 heavy (non-hydrogen) atoms. The average molecular weight is 495 g/mol. The molecule has 2 fully saturated rings. The Kier molecular flexibility index (Phi) is 9.10. The third-order valence-corrected chi connectivity index (χ3v) is 6.16. The number of alkyl carbamates (subject to hydrolysis) is 1. The summed E-state index contributed by atoms with van der Waals surface area (Å²) in [6.45, 7) is 1.90. The predicted octanol–water partition coefficient (Wildman–Crippen LogP) is 1.17. The molecule has 12 heteroatoms. The van der Waals surface area contributed by atoms with Gasteiger partial charge in [0.15, 0.2) is 6.10 Å². The second-order valence-electron chi connectivity index (χ2n) is 8.73. The Balaban J connectivity index is 1.77. The van der Waals surface area contributed by atoms with Gasteiger partial charge in [0.1, 0.15) is 0 Å². The summed E-state index contributed by atoms with van der Waals surface area (Å²) in [6, 6.07) is 3.39. The second-order valence-corrected chi connectivity index (χ2v) is 8.73. The third-order valence-electron chi connectivity index (χ3n) is 6.16. The molecule has 194 valence electrons. The van der Waals surface area contributed by atoms with Gasteiger partial charge < -0.3 is 39.5 Å². The predicted molar refractivity (Wildman–Crippen MR) is 123 cm³/mol. The Bertz CT molecular complexity index is 910. The number of aromatic nitrogens is 1. The van der Waals surface area contributed by atoms with E-state index in [2.05, 4.69) is 15.0 Å². The SMILES string of the molecule is COC(=O)NCCCc1cc([C@@H](C)N(C(=O)[C@H]2CN(C(=O)O)C[C@@H](CO)O2)C2CC2)cc(OC)n1. The first-order valence-electron chi connectivity index (χ1n) is 11.7.